The van der Waals surface area contributed by atoms with Crippen LogP contribution in [-0.4, -0.2) is 20.9 Å². The fourth-order valence-corrected chi connectivity index (χ4v) is 3.19. The Labute approximate surface area is 131 Å². The van der Waals surface area contributed by atoms with Crippen LogP contribution in [0.15, 0.2) is 18.5 Å². The molecular formula is C16H23ClN4. The molecular weight excluding hydrogens is 284 g/mol. The van der Waals surface area contributed by atoms with Crippen LogP contribution in [0.25, 0.3) is 0 Å². The van der Waals surface area contributed by atoms with Gasteiger partial charge in [0.1, 0.15) is 0 Å². The highest BCUT2D eigenvalue weighted by Crippen LogP contribution is 2.41. The number of aryl methyl sites for hydroxylation is 2. The first-order chi connectivity index (χ1) is 10.1. The van der Waals surface area contributed by atoms with Crippen LogP contribution in [0.2, 0.25) is 5.02 Å². The van der Waals surface area contributed by atoms with Crippen molar-refractivity contribution >= 4 is 11.6 Å². The van der Waals surface area contributed by atoms with E-state index in [1.165, 1.54) is 18.4 Å². The molecule has 2 aromatic rings. The van der Waals surface area contributed by atoms with Gasteiger partial charge in [-0.25, -0.2) is 0 Å². The summed E-state index contributed by atoms with van der Waals surface area (Å²) in [5, 5.41) is 8.76. The van der Waals surface area contributed by atoms with Crippen molar-refractivity contribution in [3.63, 3.8) is 0 Å². The van der Waals surface area contributed by atoms with Crippen LogP contribution in [0.3, 0.4) is 0 Å². The van der Waals surface area contributed by atoms with Crippen molar-refractivity contribution in [2.45, 2.75) is 39.3 Å². The summed E-state index contributed by atoms with van der Waals surface area (Å²) in [6.45, 7) is 5.89. The molecule has 1 aliphatic carbocycles. The van der Waals surface area contributed by atoms with Gasteiger partial charge < -0.3 is 9.88 Å². The van der Waals surface area contributed by atoms with Crippen molar-refractivity contribution in [2.75, 3.05) is 6.54 Å². The number of nitrogens with one attached hydrogen (secondary N) is 1. The third-order valence-corrected chi connectivity index (χ3v) is 4.74. The molecule has 1 saturated carbocycles. The van der Waals surface area contributed by atoms with Crippen molar-refractivity contribution < 1.29 is 0 Å². The van der Waals surface area contributed by atoms with Gasteiger partial charge in [-0.05, 0) is 43.9 Å². The maximum absolute atomic E-state index is 6.33. The van der Waals surface area contributed by atoms with Crippen LogP contribution in [0.1, 0.15) is 42.8 Å². The number of nitrogens with zero attached hydrogens (tertiary/aromatic N) is 3. The Morgan fingerprint density at radius 3 is 2.81 bits per heavy atom. The number of halogens is 1. The van der Waals surface area contributed by atoms with E-state index in [4.69, 9.17) is 11.6 Å². The second kappa shape index (κ2) is 5.85. The molecule has 0 bridgehead atoms. The van der Waals surface area contributed by atoms with Gasteiger partial charge in [0.15, 0.2) is 0 Å². The molecule has 0 aliphatic heterocycles. The minimum atomic E-state index is 0.500. The van der Waals surface area contributed by atoms with Crippen LogP contribution < -0.4 is 5.32 Å². The SMILES string of the molecule is CCNC(c1ccn(Cc2c(Cl)c(C)nn2C)c1)C1CC1. The lowest BCUT2D eigenvalue weighted by molar-refractivity contribution is 0.495. The summed E-state index contributed by atoms with van der Waals surface area (Å²) in [5.74, 6) is 0.809. The van der Waals surface area contributed by atoms with E-state index >= 15 is 0 Å². The smallest absolute Gasteiger partial charge is 0.0865 e. The zero-order valence-corrected chi connectivity index (χ0v) is 13.7. The number of hydrogen-bond acceptors (Lipinski definition) is 2. The molecule has 1 atom stereocenters. The molecule has 21 heavy (non-hydrogen) atoms. The molecule has 2 heterocycles. The summed E-state index contributed by atoms with van der Waals surface area (Å²) >= 11 is 6.33. The van der Waals surface area contributed by atoms with Gasteiger partial charge in [-0.3, -0.25) is 4.68 Å². The number of rotatable bonds is 6. The molecule has 4 nitrogen and oxygen atoms in total. The number of hydrogen-bond donors (Lipinski definition) is 1. The highest BCUT2D eigenvalue weighted by atomic mass is 35.5. The standard InChI is InChI=1S/C16H23ClN4/c1-4-18-16(12-5-6-12)13-7-8-21(9-13)10-14-15(17)11(2)19-20(14)3/h7-9,12,16,18H,4-6,10H2,1-3H3. The highest BCUT2D eigenvalue weighted by Gasteiger charge is 2.32. The summed E-state index contributed by atoms with van der Waals surface area (Å²) in [6, 6.07) is 2.72. The van der Waals surface area contributed by atoms with E-state index in [0.29, 0.717) is 6.04 Å². The van der Waals surface area contributed by atoms with Crippen LogP contribution in [0.5, 0.6) is 0 Å². The summed E-state index contributed by atoms with van der Waals surface area (Å²) in [7, 11) is 1.95. The summed E-state index contributed by atoms with van der Waals surface area (Å²) < 4.78 is 4.07. The largest absolute Gasteiger partial charge is 0.348 e. The summed E-state index contributed by atoms with van der Waals surface area (Å²) in [6.07, 6.45) is 7.07. The quantitative estimate of drug-likeness (QED) is 0.888. The molecule has 0 saturated heterocycles. The molecule has 5 heteroatoms. The minimum absolute atomic E-state index is 0.500. The van der Waals surface area contributed by atoms with Crippen LogP contribution >= 0.6 is 11.6 Å². The third kappa shape index (κ3) is 3.01. The second-order valence-corrected chi connectivity index (χ2v) is 6.34. The zero-order valence-electron chi connectivity index (χ0n) is 12.9. The molecule has 1 unspecified atom stereocenters. The average molecular weight is 307 g/mol. The summed E-state index contributed by atoms with van der Waals surface area (Å²) in [4.78, 5) is 0. The first-order valence-corrected chi connectivity index (χ1v) is 8.05. The zero-order chi connectivity index (χ0) is 15.0. The Morgan fingerprint density at radius 2 is 2.24 bits per heavy atom. The van der Waals surface area contributed by atoms with Gasteiger partial charge in [-0.15, -0.1) is 0 Å². The van der Waals surface area contributed by atoms with E-state index < -0.39 is 0 Å². The van der Waals surface area contributed by atoms with Gasteiger partial charge in [0.05, 0.1) is 23.0 Å². The molecule has 3 rings (SSSR count). The van der Waals surface area contributed by atoms with Gasteiger partial charge >= 0.3 is 0 Å². The summed E-state index contributed by atoms with van der Waals surface area (Å²) in [5.41, 5.74) is 3.34. The van der Waals surface area contributed by atoms with Crippen molar-refractivity contribution in [2.24, 2.45) is 13.0 Å². The van der Waals surface area contributed by atoms with E-state index in [2.05, 4.69) is 40.4 Å². The highest BCUT2D eigenvalue weighted by molar-refractivity contribution is 6.31. The monoisotopic (exact) mass is 306 g/mol. The Morgan fingerprint density at radius 1 is 1.48 bits per heavy atom. The Hall–Kier alpha value is -1.26. The van der Waals surface area contributed by atoms with Gasteiger partial charge in [0, 0.05) is 25.5 Å². The van der Waals surface area contributed by atoms with Gasteiger partial charge in [0.25, 0.3) is 0 Å². The third-order valence-electron chi connectivity index (χ3n) is 4.24. The van der Waals surface area contributed by atoms with Gasteiger partial charge in [-0.1, -0.05) is 18.5 Å². The predicted molar refractivity (Wildman–Crippen MR) is 85.6 cm³/mol. The Kier molecular flexibility index (Phi) is 4.09. The lowest BCUT2D eigenvalue weighted by Crippen LogP contribution is -2.22. The average Bonchev–Trinajstić information content (AvgIpc) is 3.14. The first kappa shape index (κ1) is 14.7. The van der Waals surface area contributed by atoms with Crippen molar-refractivity contribution in [1.29, 1.82) is 0 Å². The molecule has 1 fully saturated rings. The minimum Gasteiger partial charge on any atom is -0.348 e. The Balaban J connectivity index is 1.78. The first-order valence-electron chi connectivity index (χ1n) is 7.67. The molecule has 114 valence electrons. The number of aromatic nitrogens is 3. The van der Waals surface area contributed by atoms with Crippen molar-refractivity contribution in [3.05, 3.63) is 40.4 Å². The van der Waals surface area contributed by atoms with E-state index in [9.17, 15) is 0 Å². The van der Waals surface area contributed by atoms with E-state index in [0.717, 1.165) is 35.4 Å². The molecule has 0 aromatic carbocycles. The molecule has 0 spiro atoms. The lowest BCUT2D eigenvalue weighted by atomic mass is 10.1. The lowest BCUT2D eigenvalue weighted by Gasteiger charge is -2.15. The Bertz CT molecular complexity index is 624. The van der Waals surface area contributed by atoms with Crippen LogP contribution in [0.4, 0.5) is 0 Å². The van der Waals surface area contributed by atoms with Gasteiger partial charge in [0.2, 0.25) is 0 Å². The van der Waals surface area contributed by atoms with E-state index in [1.54, 1.807) is 0 Å². The second-order valence-electron chi connectivity index (χ2n) is 5.96. The van der Waals surface area contributed by atoms with Crippen LogP contribution in [0, 0.1) is 12.8 Å². The molecule has 2 aromatic heterocycles. The van der Waals surface area contributed by atoms with E-state index in [-0.39, 0.29) is 0 Å². The van der Waals surface area contributed by atoms with Gasteiger partial charge in [-0.2, -0.15) is 5.10 Å². The molecule has 1 aliphatic rings. The van der Waals surface area contributed by atoms with Crippen molar-refractivity contribution in [1.82, 2.24) is 19.7 Å². The van der Waals surface area contributed by atoms with Crippen LogP contribution in [-0.2, 0) is 13.6 Å². The molecule has 0 amide bonds. The normalized spacial score (nSPS) is 16.4. The van der Waals surface area contributed by atoms with E-state index in [1.807, 2.05) is 18.7 Å². The fourth-order valence-electron chi connectivity index (χ4n) is 2.97. The maximum atomic E-state index is 6.33. The molecule has 0 radical (unpaired) electrons. The maximum Gasteiger partial charge on any atom is 0.0865 e. The fraction of sp³-hybridized carbons (Fsp3) is 0.562. The topological polar surface area (TPSA) is 34.8 Å². The molecule has 1 N–H and O–H groups in total. The van der Waals surface area contributed by atoms with Crippen molar-refractivity contribution in [3.8, 4) is 0 Å². The predicted octanol–water partition coefficient (Wildman–Crippen LogP) is 3.29.